The Morgan fingerprint density at radius 2 is 0.744 bits per heavy atom. The molecule has 0 aromatic rings. The van der Waals surface area contributed by atoms with E-state index in [1.54, 1.807) is 0 Å². The van der Waals surface area contributed by atoms with Crippen molar-refractivity contribution < 1.29 is 28.6 Å². The minimum atomic E-state index is -0.761. The van der Waals surface area contributed by atoms with Gasteiger partial charge in [-0.25, -0.2) is 0 Å². The molecule has 0 N–H and O–H groups in total. The number of esters is 3. The first-order valence-corrected chi connectivity index (χ1v) is 16.1. The maximum atomic E-state index is 12.4. The highest BCUT2D eigenvalue weighted by Gasteiger charge is 2.19. The Morgan fingerprint density at radius 1 is 0.436 bits per heavy atom. The monoisotopic (exact) mass is 554 g/mol. The Balaban J connectivity index is 4.42. The summed E-state index contributed by atoms with van der Waals surface area (Å²) in [5.41, 5.74) is 0. The zero-order valence-electron chi connectivity index (χ0n) is 26.4. The quantitative estimate of drug-likeness (QED) is 0.0603. The van der Waals surface area contributed by atoms with Gasteiger partial charge in [-0.15, -0.1) is 0 Å². The summed E-state index contributed by atoms with van der Waals surface area (Å²) >= 11 is 0. The maximum Gasteiger partial charge on any atom is 0.306 e. The molecule has 0 radical (unpaired) electrons. The smallest absolute Gasteiger partial charge is 0.306 e. The van der Waals surface area contributed by atoms with Gasteiger partial charge in [0.25, 0.3) is 0 Å². The van der Waals surface area contributed by atoms with Crippen molar-refractivity contribution in [2.45, 2.75) is 163 Å². The topological polar surface area (TPSA) is 78.9 Å². The van der Waals surface area contributed by atoms with Crippen LogP contribution in [0.15, 0.2) is 0 Å². The second-order valence-corrected chi connectivity index (χ2v) is 12.5. The summed E-state index contributed by atoms with van der Waals surface area (Å²) in [6.07, 6.45) is 16.2. The first kappa shape index (κ1) is 37.4. The van der Waals surface area contributed by atoms with E-state index >= 15 is 0 Å². The van der Waals surface area contributed by atoms with E-state index < -0.39 is 6.10 Å². The second kappa shape index (κ2) is 25.4. The number of carbonyl (C=O) groups is 3. The predicted octanol–water partition coefficient (Wildman–Crippen LogP) is 8.97. The molecule has 0 bridgehead atoms. The molecule has 230 valence electrons. The van der Waals surface area contributed by atoms with Crippen LogP contribution < -0.4 is 0 Å². The number of hydrogen-bond donors (Lipinski definition) is 0. The fraction of sp³-hybridized carbons (Fsp3) is 0.909. The average Bonchev–Trinajstić information content (AvgIpc) is 2.86. The van der Waals surface area contributed by atoms with Gasteiger partial charge in [-0.3, -0.25) is 14.4 Å². The van der Waals surface area contributed by atoms with Gasteiger partial charge in [0, 0.05) is 19.3 Å². The van der Waals surface area contributed by atoms with Gasteiger partial charge >= 0.3 is 17.9 Å². The third kappa shape index (κ3) is 27.8. The van der Waals surface area contributed by atoms with Crippen LogP contribution in [0.1, 0.15) is 157 Å². The normalized spacial score (nSPS) is 11.5. The molecule has 0 heterocycles. The molecular formula is C33H62O6. The van der Waals surface area contributed by atoms with Gasteiger partial charge in [0.05, 0.1) is 0 Å². The van der Waals surface area contributed by atoms with Crippen molar-refractivity contribution in [1.29, 1.82) is 0 Å². The minimum Gasteiger partial charge on any atom is -0.462 e. The molecule has 0 aromatic carbocycles. The van der Waals surface area contributed by atoms with Crippen LogP contribution in [-0.4, -0.2) is 37.2 Å². The van der Waals surface area contributed by atoms with Gasteiger partial charge in [0.1, 0.15) is 13.2 Å². The fourth-order valence-electron chi connectivity index (χ4n) is 4.40. The summed E-state index contributed by atoms with van der Waals surface area (Å²) in [6.45, 7) is 13.2. The molecular weight excluding hydrogens is 492 g/mol. The van der Waals surface area contributed by atoms with E-state index in [9.17, 15) is 14.4 Å². The minimum absolute atomic E-state index is 0.0746. The van der Waals surface area contributed by atoms with Crippen LogP contribution in [0.4, 0.5) is 0 Å². The molecule has 0 fully saturated rings. The summed E-state index contributed by atoms with van der Waals surface area (Å²) < 4.78 is 16.4. The maximum absolute atomic E-state index is 12.4. The molecule has 6 heteroatoms. The van der Waals surface area contributed by atoms with Crippen molar-refractivity contribution in [3.63, 3.8) is 0 Å². The lowest BCUT2D eigenvalue weighted by atomic mass is 10.0. The number of carbonyl (C=O) groups excluding carboxylic acids is 3. The van der Waals surface area contributed by atoms with Gasteiger partial charge in [0.15, 0.2) is 6.10 Å². The summed E-state index contributed by atoms with van der Waals surface area (Å²) in [5, 5.41) is 0. The van der Waals surface area contributed by atoms with Crippen molar-refractivity contribution >= 4 is 17.9 Å². The lowest BCUT2D eigenvalue weighted by molar-refractivity contribution is -0.167. The molecule has 0 rings (SSSR count). The van der Waals surface area contributed by atoms with E-state index in [-0.39, 0.29) is 31.1 Å². The largest absolute Gasteiger partial charge is 0.462 e. The average molecular weight is 555 g/mol. The third-order valence-corrected chi connectivity index (χ3v) is 6.90. The molecule has 0 saturated carbocycles. The molecule has 0 atom stereocenters. The third-order valence-electron chi connectivity index (χ3n) is 6.90. The zero-order chi connectivity index (χ0) is 29.3. The van der Waals surface area contributed by atoms with Crippen LogP contribution in [0, 0.1) is 17.8 Å². The summed E-state index contributed by atoms with van der Waals surface area (Å²) in [5.74, 6) is 1.21. The van der Waals surface area contributed by atoms with Gasteiger partial charge in [-0.1, -0.05) is 119 Å². The molecule has 0 aliphatic carbocycles. The lowest BCUT2D eigenvalue weighted by Crippen LogP contribution is -2.30. The SMILES string of the molecule is CC(C)CCCCCCC(=O)OCC(COC(=O)CCCCCCC(C)C)OC(=O)CCCCCCC(C)C. The standard InChI is InChI=1S/C33H62O6/c1-27(2)19-13-7-10-16-22-31(34)37-25-30(39-33(36)24-18-12-9-15-21-29(5)6)26-38-32(35)23-17-11-8-14-20-28(3)4/h27-30H,7-26H2,1-6H3. The van der Waals surface area contributed by atoms with Gasteiger partial charge in [0.2, 0.25) is 0 Å². The van der Waals surface area contributed by atoms with Crippen molar-refractivity contribution in [1.82, 2.24) is 0 Å². The molecule has 0 unspecified atom stereocenters. The van der Waals surface area contributed by atoms with E-state index in [0.29, 0.717) is 37.0 Å². The van der Waals surface area contributed by atoms with Crippen molar-refractivity contribution in [2.24, 2.45) is 17.8 Å². The Hall–Kier alpha value is -1.59. The molecule has 6 nitrogen and oxygen atoms in total. The zero-order valence-corrected chi connectivity index (χ0v) is 26.4. The Kier molecular flexibility index (Phi) is 24.3. The Labute approximate surface area is 240 Å². The van der Waals surface area contributed by atoms with E-state index in [0.717, 1.165) is 57.8 Å². The number of rotatable bonds is 26. The molecule has 0 aromatic heterocycles. The van der Waals surface area contributed by atoms with E-state index in [1.807, 2.05) is 0 Å². The van der Waals surface area contributed by atoms with Crippen LogP contribution in [0.2, 0.25) is 0 Å². The van der Waals surface area contributed by atoms with Crippen molar-refractivity contribution in [2.75, 3.05) is 13.2 Å². The number of hydrogen-bond acceptors (Lipinski definition) is 6. The predicted molar refractivity (Wildman–Crippen MR) is 159 cm³/mol. The Morgan fingerprint density at radius 3 is 1.08 bits per heavy atom. The number of ether oxygens (including phenoxy) is 3. The van der Waals surface area contributed by atoms with Gasteiger partial charge in [-0.2, -0.15) is 0 Å². The first-order chi connectivity index (χ1) is 18.6. The van der Waals surface area contributed by atoms with E-state index in [2.05, 4.69) is 41.5 Å². The van der Waals surface area contributed by atoms with Crippen LogP contribution >= 0.6 is 0 Å². The van der Waals surface area contributed by atoms with Crippen LogP contribution in [0.5, 0.6) is 0 Å². The van der Waals surface area contributed by atoms with Crippen molar-refractivity contribution in [3.8, 4) is 0 Å². The number of unbranched alkanes of at least 4 members (excludes halogenated alkanes) is 9. The van der Waals surface area contributed by atoms with E-state index in [4.69, 9.17) is 14.2 Å². The van der Waals surface area contributed by atoms with E-state index in [1.165, 1.54) is 38.5 Å². The molecule has 0 saturated heterocycles. The molecule has 0 aliphatic rings. The summed E-state index contributed by atoms with van der Waals surface area (Å²) in [6, 6.07) is 0. The van der Waals surface area contributed by atoms with Gasteiger partial charge in [-0.05, 0) is 37.0 Å². The van der Waals surface area contributed by atoms with Crippen LogP contribution in [0.25, 0.3) is 0 Å². The second-order valence-electron chi connectivity index (χ2n) is 12.5. The summed E-state index contributed by atoms with van der Waals surface area (Å²) in [4.78, 5) is 36.9. The highest BCUT2D eigenvalue weighted by atomic mass is 16.6. The fourth-order valence-corrected chi connectivity index (χ4v) is 4.40. The summed E-state index contributed by atoms with van der Waals surface area (Å²) in [7, 11) is 0. The highest BCUT2D eigenvalue weighted by Crippen LogP contribution is 2.14. The first-order valence-electron chi connectivity index (χ1n) is 16.1. The van der Waals surface area contributed by atoms with Crippen LogP contribution in [-0.2, 0) is 28.6 Å². The molecule has 0 aliphatic heterocycles. The van der Waals surface area contributed by atoms with Crippen LogP contribution in [0.3, 0.4) is 0 Å². The van der Waals surface area contributed by atoms with Crippen molar-refractivity contribution in [3.05, 3.63) is 0 Å². The molecule has 39 heavy (non-hydrogen) atoms. The molecule has 0 amide bonds. The Bertz CT molecular complexity index is 577. The lowest BCUT2D eigenvalue weighted by Gasteiger charge is -2.18. The highest BCUT2D eigenvalue weighted by molar-refractivity contribution is 5.71. The molecule has 0 spiro atoms. The van der Waals surface area contributed by atoms with Gasteiger partial charge < -0.3 is 14.2 Å².